The number of hydrogen-bond donors (Lipinski definition) is 1. The van der Waals surface area contributed by atoms with Crippen LogP contribution in [0.25, 0.3) is 0 Å². The Bertz CT molecular complexity index is 1250. The molecule has 5 nitrogen and oxygen atoms in total. The van der Waals surface area contributed by atoms with Gasteiger partial charge in [0, 0.05) is 4.47 Å². The van der Waals surface area contributed by atoms with Crippen LogP contribution < -0.4 is 9.62 Å². The van der Waals surface area contributed by atoms with Gasteiger partial charge in [-0.1, -0.05) is 58.4 Å². The van der Waals surface area contributed by atoms with Crippen molar-refractivity contribution in [2.45, 2.75) is 43.5 Å². The first-order valence-corrected chi connectivity index (χ1v) is 13.3. The molecule has 1 N–H and O–H groups in total. The summed E-state index contributed by atoms with van der Waals surface area (Å²) in [5.74, 6) is -0.361. The summed E-state index contributed by atoms with van der Waals surface area (Å²) in [5, 5.41) is 2.98. The lowest BCUT2D eigenvalue weighted by Crippen LogP contribution is -2.41. The number of rotatable bonds is 7. The normalized spacial score (nSPS) is 14.2. The molecule has 7 heteroatoms. The van der Waals surface area contributed by atoms with Gasteiger partial charge in [-0.2, -0.15) is 0 Å². The lowest BCUT2D eigenvalue weighted by atomic mass is 9.89. The number of sulfonamides is 1. The standard InChI is InChI=1S/C26H27BrN2O3S/c1-19(21-15-14-20-8-5-6-9-22(20)16-21)28-26(30)18-29(24-11-7-10-23(27)17-24)33(31,32)25-12-3-2-4-13-25/h2-4,7,10-17,19H,5-6,8-9,18H2,1H3,(H,28,30)/t19-/m1/s1. The molecule has 0 aromatic heterocycles. The molecule has 1 aliphatic rings. The zero-order chi connectivity index (χ0) is 23.4. The molecule has 33 heavy (non-hydrogen) atoms. The molecular weight excluding hydrogens is 500 g/mol. The SMILES string of the molecule is C[C@@H](NC(=O)CN(c1cccc(Br)c1)S(=O)(=O)c1ccccc1)c1ccc2c(c1)CCCC2. The van der Waals surface area contributed by atoms with Gasteiger partial charge in [-0.25, -0.2) is 8.42 Å². The number of anilines is 1. The van der Waals surface area contributed by atoms with Crippen molar-refractivity contribution in [1.82, 2.24) is 5.32 Å². The largest absolute Gasteiger partial charge is 0.348 e. The van der Waals surface area contributed by atoms with Crippen LogP contribution in [0.3, 0.4) is 0 Å². The van der Waals surface area contributed by atoms with E-state index in [1.54, 1.807) is 36.4 Å². The maximum absolute atomic E-state index is 13.4. The van der Waals surface area contributed by atoms with Gasteiger partial charge < -0.3 is 5.32 Å². The molecule has 0 radical (unpaired) electrons. The predicted octanol–water partition coefficient (Wildman–Crippen LogP) is 5.40. The van der Waals surface area contributed by atoms with Crippen LogP contribution in [0.1, 0.15) is 42.5 Å². The number of aryl methyl sites for hydroxylation is 2. The Labute approximate surface area is 204 Å². The zero-order valence-electron chi connectivity index (χ0n) is 18.5. The minimum absolute atomic E-state index is 0.139. The highest BCUT2D eigenvalue weighted by Crippen LogP contribution is 2.27. The number of hydrogen-bond acceptors (Lipinski definition) is 3. The fourth-order valence-electron chi connectivity index (χ4n) is 4.19. The van der Waals surface area contributed by atoms with Crippen molar-refractivity contribution < 1.29 is 13.2 Å². The molecule has 0 unspecified atom stereocenters. The summed E-state index contributed by atoms with van der Waals surface area (Å²) in [6.07, 6.45) is 4.58. The van der Waals surface area contributed by atoms with Crippen LogP contribution in [0.15, 0.2) is 82.2 Å². The van der Waals surface area contributed by atoms with E-state index in [2.05, 4.69) is 39.4 Å². The highest BCUT2D eigenvalue weighted by molar-refractivity contribution is 9.10. The van der Waals surface area contributed by atoms with Crippen molar-refractivity contribution in [3.05, 3.63) is 94.0 Å². The number of nitrogens with zero attached hydrogens (tertiary/aromatic N) is 1. The molecule has 3 aromatic rings. The fraction of sp³-hybridized carbons (Fsp3) is 0.269. The monoisotopic (exact) mass is 526 g/mol. The average molecular weight is 527 g/mol. The lowest BCUT2D eigenvalue weighted by molar-refractivity contribution is -0.120. The molecule has 1 aliphatic carbocycles. The number of benzene rings is 3. The summed E-state index contributed by atoms with van der Waals surface area (Å²) in [7, 11) is -3.93. The molecule has 3 aromatic carbocycles. The Morgan fingerprint density at radius 2 is 1.70 bits per heavy atom. The number of nitrogens with one attached hydrogen (secondary N) is 1. The van der Waals surface area contributed by atoms with Crippen molar-refractivity contribution >= 4 is 37.5 Å². The van der Waals surface area contributed by atoms with Crippen LogP contribution in [-0.4, -0.2) is 20.9 Å². The highest BCUT2D eigenvalue weighted by atomic mass is 79.9. The zero-order valence-corrected chi connectivity index (χ0v) is 20.9. The van der Waals surface area contributed by atoms with E-state index in [0.29, 0.717) is 5.69 Å². The first-order chi connectivity index (χ1) is 15.8. The Hall–Kier alpha value is -2.64. The molecular formula is C26H27BrN2O3S. The molecule has 4 rings (SSSR count). The van der Waals surface area contributed by atoms with E-state index in [-0.39, 0.29) is 23.4 Å². The van der Waals surface area contributed by atoms with Crippen LogP contribution in [-0.2, 0) is 27.7 Å². The summed E-state index contributed by atoms with van der Waals surface area (Å²) in [6, 6.07) is 21.3. The maximum atomic E-state index is 13.4. The van der Waals surface area contributed by atoms with Crippen molar-refractivity contribution in [1.29, 1.82) is 0 Å². The van der Waals surface area contributed by atoms with Crippen LogP contribution >= 0.6 is 15.9 Å². The predicted molar refractivity (Wildman–Crippen MR) is 135 cm³/mol. The number of fused-ring (bicyclic) bond motifs is 1. The van der Waals surface area contributed by atoms with Crippen LogP contribution in [0, 0.1) is 0 Å². The van der Waals surface area contributed by atoms with Crippen molar-refractivity contribution in [3.8, 4) is 0 Å². The van der Waals surface area contributed by atoms with Gasteiger partial charge in [-0.3, -0.25) is 9.10 Å². The second kappa shape index (κ2) is 10.1. The Kier molecular flexibility index (Phi) is 7.20. The summed E-state index contributed by atoms with van der Waals surface area (Å²) in [4.78, 5) is 13.2. The molecule has 0 saturated heterocycles. The third-order valence-electron chi connectivity index (χ3n) is 5.96. The van der Waals surface area contributed by atoms with Gasteiger partial charge in [-0.15, -0.1) is 0 Å². The number of halogens is 1. The first kappa shape index (κ1) is 23.5. The Morgan fingerprint density at radius 1 is 0.970 bits per heavy atom. The van der Waals surface area contributed by atoms with Gasteiger partial charge >= 0.3 is 0 Å². The topological polar surface area (TPSA) is 66.5 Å². The Morgan fingerprint density at radius 3 is 2.42 bits per heavy atom. The minimum Gasteiger partial charge on any atom is -0.348 e. The van der Waals surface area contributed by atoms with E-state index < -0.39 is 10.0 Å². The van der Waals surface area contributed by atoms with Gasteiger partial charge in [0.15, 0.2) is 0 Å². The second-order valence-electron chi connectivity index (χ2n) is 8.33. The number of carbonyl (C=O) groups excluding carboxylic acids is 1. The van der Waals surface area contributed by atoms with Crippen molar-refractivity contribution in [2.75, 3.05) is 10.8 Å². The molecule has 0 saturated carbocycles. The Balaban J connectivity index is 1.56. The van der Waals surface area contributed by atoms with E-state index in [1.165, 1.54) is 36.1 Å². The van der Waals surface area contributed by atoms with Gasteiger partial charge in [0.25, 0.3) is 10.0 Å². The van der Waals surface area contributed by atoms with E-state index in [9.17, 15) is 13.2 Å². The maximum Gasteiger partial charge on any atom is 0.264 e. The second-order valence-corrected chi connectivity index (χ2v) is 11.1. The van der Waals surface area contributed by atoms with E-state index in [1.807, 2.05) is 13.0 Å². The molecule has 0 bridgehead atoms. The quantitative estimate of drug-likeness (QED) is 0.448. The van der Waals surface area contributed by atoms with E-state index >= 15 is 0 Å². The van der Waals surface area contributed by atoms with E-state index in [0.717, 1.165) is 27.2 Å². The first-order valence-electron chi connectivity index (χ1n) is 11.1. The minimum atomic E-state index is -3.93. The fourth-order valence-corrected chi connectivity index (χ4v) is 6.01. The van der Waals surface area contributed by atoms with Gasteiger partial charge in [0.2, 0.25) is 5.91 Å². The highest BCUT2D eigenvalue weighted by Gasteiger charge is 2.28. The van der Waals surface area contributed by atoms with Crippen LogP contribution in [0.2, 0.25) is 0 Å². The molecule has 0 aliphatic heterocycles. The molecule has 172 valence electrons. The van der Waals surface area contributed by atoms with Gasteiger partial charge in [-0.05, 0) is 79.6 Å². The molecule has 1 atom stereocenters. The lowest BCUT2D eigenvalue weighted by Gasteiger charge is -2.25. The van der Waals surface area contributed by atoms with Gasteiger partial charge in [0.05, 0.1) is 16.6 Å². The smallest absolute Gasteiger partial charge is 0.264 e. The van der Waals surface area contributed by atoms with Crippen molar-refractivity contribution in [3.63, 3.8) is 0 Å². The summed E-state index contributed by atoms with van der Waals surface area (Å²) in [6.45, 7) is 1.61. The van der Waals surface area contributed by atoms with Crippen LogP contribution in [0.4, 0.5) is 5.69 Å². The van der Waals surface area contributed by atoms with Crippen molar-refractivity contribution in [2.24, 2.45) is 0 Å². The summed E-state index contributed by atoms with van der Waals surface area (Å²) in [5.41, 5.74) is 4.19. The summed E-state index contributed by atoms with van der Waals surface area (Å²) < 4.78 is 28.7. The molecule has 0 fully saturated rings. The molecule has 1 amide bonds. The number of amides is 1. The average Bonchev–Trinajstić information content (AvgIpc) is 2.82. The third kappa shape index (κ3) is 5.47. The number of carbonyl (C=O) groups is 1. The van der Waals surface area contributed by atoms with E-state index in [4.69, 9.17) is 0 Å². The molecule has 0 spiro atoms. The molecule has 0 heterocycles. The van der Waals surface area contributed by atoms with Gasteiger partial charge in [0.1, 0.15) is 6.54 Å². The summed E-state index contributed by atoms with van der Waals surface area (Å²) >= 11 is 3.40. The third-order valence-corrected chi connectivity index (χ3v) is 8.25. The van der Waals surface area contributed by atoms with Crippen LogP contribution in [0.5, 0.6) is 0 Å².